The third-order valence-corrected chi connectivity index (χ3v) is 1.96. The average molecular weight is 204 g/mol. The van der Waals surface area contributed by atoms with Gasteiger partial charge >= 0.3 is 0 Å². The summed E-state index contributed by atoms with van der Waals surface area (Å²) in [5, 5.41) is 13.7. The summed E-state index contributed by atoms with van der Waals surface area (Å²) in [6.45, 7) is 2.64. The lowest BCUT2D eigenvalue weighted by molar-refractivity contribution is 0.340. The molecular formula is C10H12N4O. The van der Waals surface area contributed by atoms with E-state index in [1.54, 1.807) is 0 Å². The van der Waals surface area contributed by atoms with E-state index >= 15 is 0 Å². The Kier molecular flexibility index (Phi) is 2.92. The first kappa shape index (κ1) is 9.64. The summed E-state index contributed by atoms with van der Waals surface area (Å²) in [6, 6.07) is 7.89. The number of hydrogen-bond acceptors (Lipinski definition) is 4. The summed E-state index contributed by atoms with van der Waals surface area (Å²) >= 11 is 0. The number of hydrogen-bond donors (Lipinski definition) is 1. The molecule has 0 unspecified atom stereocenters. The molecule has 1 heterocycles. The highest BCUT2D eigenvalue weighted by molar-refractivity contribution is 5.29. The van der Waals surface area contributed by atoms with Crippen LogP contribution in [0.15, 0.2) is 24.3 Å². The first-order valence-electron chi connectivity index (χ1n) is 4.82. The lowest BCUT2D eigenvalue weighted by Gasteiger charge is -2.04. The number of tetrazole rings is 1. The molecule has 0 saturated carbocycles. The number of aromatic nitrogens is 4. The minimum Gasteiger partial charge on any atom is -0.494 e. The second-order valence-electron chi connectivity index (χ2n) is 3.09. The van der Waals surface area contributed by atoms with Crippen molar-refractivity contribution in [2.75, 3.05) is 6.61 Å². The van der Waals surface area contributed by atoms with E-state index in [0.717, 1.165) is 11.3 Å². The Morgan fingerprint density at radius 2 is 2.33 bits per heavy atom. The monoisotopic (exact) mass is 204 g/mol. The van der Waals surface area contributed by atoms with Crippen LogP contribution in [0, 0.1) is 0 Å². The molecule has 1 aromatic heterocycles. The van der Waals surface area contributed by atoms with Crippen LogP contribution in [0.2, 0.25) is 0 Å². The maximum absolute atomic E-state index is 5.40. The van der Waals surface area contributed by atoms with Crippen LogP contribution in [-0.2, 0) is 6.42 Å². The fraction of sp³-hybridized carbons (Fsp3) is 0.300. The molecule has 2 aromatic rings. The van der Waals surface area contributed by atoms with Crippen molar-refractivity contribution in [3.8, 4) is 5.75 Å². The predicted octanol–water partition coefficient (Wildman–Crippen LogP) is 1.19. The Bertz CT molecular complexity index is 413. The Balaban J connectivity index is 2.11. The Morgan fingerprint density at radius 3 is 3.07 bits per heavy atom. The van der Waals surface area contributed by atoms with E-state index in [1.807, 2.05) is 31.2 Å². The molecule has 0 atom stereocenters. The third kappa shape index (κ3) is 2.52. The van der Waals surface area contributed by atoms with Gasteiger partial charge in [-0.3, -0.25) is 0 Å². The standard InChI is InChI=1S/C10H12N4O/c1-2-15-9-5-3-4-8(6-9)7-10-11-13-14-12-10/h3-6H,2,7H2,1H3,(H,11,12,13,14). The van der Waals surface area contributed by atoms with E-state index in [0.29, 0.717) is 18.9 Å². The third-order valence-electron chi connectivity index (χ3n) is 1.96. The summed E-state index contributed by atoms with van der Waals surface area (Å²) in [5.41, 5.74) is 1.11. The molecule has 0 bridgehead atoms. The average Bonchev–Trinajstić information content (AvgIpc) is 2.71. The predicted molar refractivity (Wildman–Crippen MR) is 54.6 cm³/mol. The van der Waals surface area contributed by atoms with Crippen LogP contribution < -0.4 is 4.74 Å². The second-order valence-corrected chi connectivity index (χ2v) is 3.09. The minimum absolute atomic E-state index is 0.664. The van der Waals surface area contributed by atoms with Crippen LogP contribution in [0.25, 0.3) is 0 Å². The van der Waals surface area contributed by atoms with Gasteiger partial charge in [0.05, 0.1) is 6.61 Å². The Morgan fingerprint density at radius 1 is 1.40 bits per heavy atom. The van der Waals surface area contributed by atoms with Gasteiger partial charge in [-0.25, -0.2) is 0 Å². The SMILES string of the molecule is CCOc1cccc(Cc2nn[nH]n2)c1. The minimum atomic E-state index is 0.664. The number of H-pyrrole nitrogens is 1. The number of rotatable bonds is 4. The van der Waals surface area contributed by atoms with Crippen LogP contribution in [-0.4, -0.2) is 27.2 Å². The van der Waals surface area contributed by atoms with Crippen molar-refractivity contribution in [2.45, 2.75) is 13.3 Å². The van der Waals surface area contributed by atoms with Gasteiger partial charge < -0.3 is 4.74 Å². The van der Waals surface area contributed by atoms with Crippen molar-refractivity contribution in [1.82, 2.24) is 20.6 Å². The molecule has 5 nitrogen and oxygen atoms in total. The number of nitrogens with zero attached hydrogens (tertiary/aromatic N) is 3. The van der Waals surface area contributed by atoms with Crippen molar-refractivity contribution >= 4 is 0 Å². The smallest absolute Gasteiger partial charge is 0.178 e. The highest BCUT2D eigenvalue weighted by Gasteiger charge is 2.01. The molecule has 15 heavy (non-hydrogen) atoms. The fourth-order valence-corrected chi connectivity index (χ4v) is 1.35. The normalized spacial score (nSPS) is 10.2. The summed E-state index contributed by atoms with van der Waals surface area (Å²) < 4.78 is 5.40. The van der Waals surface area contributed by atoms with E-state index in [4.69, 9.17) is 4.74 Å². The molecule has 0 amide bonds. The zero-order valence-electron chi connectivity index (χ0n) is 8.47. The van der Waals surface area contributed by atoms with Gasteiger partial charge in [-0.15, -0.1) is 10.2 Å². The van der Waals surface area contributed by atoms with Gasteiger partial charge in [0.1, 0.15) is 5.75 Å². The zero-order valence-corrected chi connectivity index (χ0v) is 8.47. The first-order chi connectivity index (χ1) is 7.38. The van der Waals surface area contributed by atoms with Crippen molar-refractivity contribution in [3.05, 3.63) is 35.7 Å². The van der Waals surface area contributed by atoms with Gasteiger partial charge in [-0.05, 0) is 24.6 Å². The zero-order chi connectivity index (χ0) is 10.5. The molecule has 78 valence electrons. The molecule has 0 spiro atoms. The maximum Gasteiger partial charge on any atom is 0.178 e. The first-order valence-corrected chi connectivity index (χ1v) is 4.82. The van der Waals surface area contributed by atoms with Crippen LogP contribution in [0.4, 0.5) is 0 Å². The Hall–Kier alpha value is -1.91. The summed E-state index contributed by atoms with van der Waals surface area (Å²) in [4.78, 5) is 0. The number of benzene rings is 1. The summed E-state index contributed by atoms with van der Waals surface area (Å²) in [6.07, 6.45) is 0.664. The van der Waals surface area contributed by atoms with Crippen molar-refractivity contribution in [1.29, 1.82) is 0 Å². The van der Waals surface area contributed by atoms with Crippen molar-refractivity contribution < 1.29 is 4.74 Å². The van der Waals surface area contributed by atoms with Crippen LogP contribution >= 0.6 is 0 Å². The van der Waals surface area contributed by atoms with Gasteiger partial charge in [0.25, 0.3) is 0 Å². The van der Waals surface area contributed by atoms with Crippen molar-refractivity contribution in [2.24, 2.45) is 0 Å². The number of nitrogens with one attached hydrogen (secondary N) is 1. The molecule has 1 aromatic carbocycles. The largest absolute Gasteiger partial charge is 0.494 e. The van der Waals surface area contributed by atoms with E-state index in [9.17, 15) is 0 Å². The molecule has 1 N–H and O–H groups in total. The van der Waals surface area contributed by atoms with Gasteiger partial charge in [0.2, 0.25) is 0 Å². The number of aromatic amines is 1. The molecule has 0 fully saturated rings. The van der Waals surface area contributed by atoms with Gasteiger partial charge in [0, 0.05) is 6.42 Å². The molecule has 0 aliphatic carbocycles. The van der Waals surface area contributed by atoms with Crippen molar-refractivity contribution in [3.63, 3.8) is 0 Å². The van der Waals surface area contributed by atoms with E-state index in [1.165, 1.54) is 0 Å². The van der Waals surface area contributed by atoms with Crippen LogP contribution in [0.3, 0.4) is 0 Å². The van der Waals surface area contributed by atoms with Crippen LogP contribution in [0.5, 0.6) is 5.75 Å². The maximum atomic E-state index is 5.40. The molecule has 2 rings (SSSR count). The lowest BCUT2D eigenvalue weighted by Crippen LogP contribution is -1.94. The summed E-state index contributed by atoms with van der Waals surface area (Å²) in [5.74, 6) is 1.56. The molecule has 0 saturated heterocycles. The van der Waals surface area contributed by atoms with E-state index in [2.05, 4.69) is 20.6 Å². The van der Waals surface area contributed by atoms with Gasteiger partial charge in [-0.2, -0.15) is 5.21 Å². The molecule has 0 radical (unpaired) electrons. The Labute approximate surface area is 87.5 Å². The van der Waals surface area contributed by atoms with Crippen LogP contribution in [0.1, 0.15) is 18.3 Å². The van der Waals surface area contributed by atoms with Gasteiger partial charge in [-0.1, -0.05) is 17.3 Å². The summed E-state index contributed by atoms with van der Waals surface area (Å²) in [7, 11) is 0. The van der Waals surface area contributed by atoms with E-state index in [-0.39, 0.29) is 0 Å². The van der Waals surface area contributed by atoms with Gasteiger partial charge in [0.15, 0.2) is 5.82 Å². The molecule has 0 aliphatic heterocycles. The highest BCUT2D eigenvalue weighted by Crippen LogP contribution is 2.14. The quantitative estimate of drug-likeness (QED) is 0.812. The fourth-order valence-electron chi connectivity index (χ4n) is 1.35. The molecule has 0 aliphatic rings. The second kappa shape index (κ2) is 4.54. The topological polar surface area (TPSA) is 63.7 Å². The molecular weight excluding hydrogens is 192 g/mol. The number of ether oxygens (including phenoxy) is 1. The lowest BCUT2D eigenvalue weighted by atomic mass is 10.1. The highest BCUT2D eigenvalue weighted by atomic mass is 16.5. The molecule has 5 heteroatoms. The van der Waals surface area contributed by atoms with E-state index < -0.39 is 0 Å².